The Morgan fingerprint density at radius 1 is 0.980 bits per heavy atom. The first kappa shape index (κ1) is 35.0. The van der Waals surface area contributed by atoms with E-state index in [-0.39, 0.29) is 11.5 Å². The van der Waals surface area contributed by atoms with Gasteiger partial charge in [-0.05, 0) is 74.5 Å². The lowest BCUT2D eigenvalue weighted by Gasteiger charge is -2.37. The standard InChI is InChI=1S/C37H42Cl2N6O4S/c1-26(2)45-21-35(46-3)50-36(45)41-28-5-7-29(8-6-28)43-16-18-44(19-17-43)30-9-11-31(12-10-30)47-22-32-23-48-37(49-32,24-42-15-14-40-25-42)33-13-4-27(38)20-34(33)39/h4-15,20,25-26,32,35H,16-19,21-24H2,1-3H3/b41-36-. The van der Waals surface area contributed by atoms with Gasteiger partial charge < -0.3 is 38.2 Å². The van der Waals surface area contributed by atoms with Gasteiger partial charge in [-0.1, -0.05) is 41.0 Å². The first-order valence-corrected chi connectivity index (χ1v) is 18.5. The number of halogens is 2. The second kappa shape index (κ2) is 15.4. The number of benzene rings is 3. The summed E-state index contributed by atoms with van der Waals surface area (Å²) in [6.07, 6.45) is 5.02. The molecule has 3 aromatic carbocycles. The van der Waals surface area contributed by atoms with Crippen molar-refractivity contribution < 1.29 is 18.9 Å². The van der Waals surface area contributed by atoms with Crippen molar-refractivity contribution in [1.82, 2.24) is 14.5 Å². The summed E-state index contributed by atoms with van der Waals surface area (Å²) in [4.78, 5) is 16.3. The molecule has 1 aromatic heterocycles. The van der Waals surface area contributed by atoms with E-state index in [9.17, 15) is 0 Å². The van der Waals surface area contributed by atoms with Crippen molar-refractivity contribution in [2.24, 2.45) is 4.99 Å². The number of amidine groups is 1. The SMILES string of the molecule is COC1CN(C(C)C)/C(=N/c2ccc(N3CCN(c4ccc(OCC5COC(Cn6ccnc6)(c6ccc(Cl)cc6Cl)O5)cc4)CC3)cc2)S1. The second-order valence-electron chi connectivity index (χ2n) is 12.9. The Kier molecular flexibility index (Phi) is 10.8. The Morgan fingerprint density at radius 2 is 1.68 bits per heavy atom. The van der Waals surface area contributed by atoms with Crippen LogP contribution in [0.15, 0.2) is 90.4 Å². The van der Waals surface area contributed by atoms with Crippen molar-refractivity contribution >= 4 is 57.2 Å². The van der Waals surface area contributed by atoms with Gasteiger partial charge in [0.15, 0.2) is 5.17 Å². The molecule has 3 atom stereocenters. The van der Waals surface area contributed by atoms with Crippen LogP contribution >= 0.6 is 35.0 Å². The van der Waals surface area contributed by atoms with E-state index < -0.39 is 5.79 Å². The summed E-state index contributed by atoms with van der Waals surface area (Å²) in [5, 5.41) is 2.06. The van der Waals surface area contributed by atoms with Crippen molar-refractivity contribution in [2.75, 3.05) is 62.8 Å². The van der Waals surface area contributed by atoms with Crippen LogP contribution in [-0.2, 0) is 26.5 Å². The zero-order valence-electron chi connectivity index (χ0n) is 28.5. The lowest BCUT2D eigenvalue weighted by Crippen LogP contribution is -2.46. The normalized spacial score (nSPS) is 23.4. The Hall–Kier alpha value is -3.45. The minimum absolute atomic E-state index is 0.124. The highest BCUT2D eigenvalue weighted by atomic mass is 35.5. The van der Waals surface area contributed by atoms with Crippen LogP contribution in [0.1, 0.15) is 19.4 Å². The fourth-order valence-corrected chi connectivity index (χ4v) is 8.19. The lowest BCUT2D eigenvalue weighted by molar-refractivity contribution is -0.189. The highest BCUT2D eigenvalue weighted by Crippen LogP contribution is 2.41. The number of thioether (sulfide) groups is 1. The molecule has 4 heterocycles. The van der Waals surface area contributed by atoms with Gasteiger partial charge in [0.2, 0.25) is 5.79 Å². The summed E-state index contributed by atoms with van der Waals surface area (Å²) in [7, 11) is 1.76. The van der Waals surface area contributed by atoms with E-state index in [1.807, 2.05) is 29.0 Å². The number of anilines is 2. The molecule has 264 valence electrons. The van der Waals surface area contributed by atoms with Crippen LogP contribution in [0.25, 0.3) is 0 Å². The Balaban J connectivity index is 0.913. The van der Waals surface area contributed by atoms with Crippen molar-refractivity contribution in [1.29, 1.82) is 0 Å². The molecular formula is C37H42Cl2N6O4S. The highest BCUT2D eigenvalue weighted by molar-refractivity contribution is 8.14. The number of nitrogens with zero attached hydrogens (tertiary/aromatic N) is 6. The van der Waals surface area contributed by atoms with E-state index in [0.29, 0.717) is 41.4 Å². The third-order valence-corrected chi connectivity index (χ3v) is 10.9. The molecule has 3 saturated heterocycles. The summed E-state index contributed by atoms with van der Waals surface area (Å²) in [6.45, 7) is 10.1. The molecule has 0 bridgehead atoms. The molecule has 3 aliphatic rings. The number of methoxy groups -OCH3 is 1. The van der Waals surface area contributed by atoms with Crippen molar-refractivity contribution in [3.8, 4) is 5.75 Å². The van der Waals surface area contributed by atoms with Crippen LogP contribution < -0.4 is 14.5 Å². The largest absolute Gasteiger partial charge is 0.491 e. The van der Waals surface area contributed by atoms with Gasteiger partial charge in [0, 0.05) is 73.7 Å². The van der Waals surface area contributed by atoms with Crippen LogP contribution in [0, 0.1) is 0 Å². The van der Waals surface area contributed by atoms with E-state index in [0.717, 1.165) is 49.3 Å². The number of aromatic nitrogens is 2. The monoisotopic (exact) mass is 736 g/mol. The Morgan fingerprint density at radius 3 is 2.30 bits per heavy atom. The van der Waals surface area contributed by atoms with Crippen LogP contribution in [0.4, 0.5) is 17.1 Å². The van der Waals surface area contributed by atoms with Crippen molar-refractivity contribution in [2.45, 2.75) is 43.8 Å². The highest BCUT2D eigenvalue weighted by Gasteiger charge is 2.45. The van der Waals surface area contributed by atoms with Crippen LogP contribution in [0.3, 0.4) is 0 Å². The Labute approximate surface area is 307 Å². The molecule has 0 amide bonds. The number of ether oxygens (including phenoxy) is 4. The number of hydrogen-bond donors (Lipinski definition) is 0. The molecule has 10 nitrogen and oxygen atoms in total. The minimum Gasteiger partial charge on any atom is -0.491 e. The number of rotatable bonds is 11. The molecule has 0 saturated carbocycles. The van der Waals surface area contributed by atoms with E-state index in [1.54, 1.807) is 43.5 Å². The van der Waals surface area contributed by atoms with E-state index in [1.165, 1.54) is 11.4 Å². The summed E-state index contributed by atoms with van der Waals surface area (Å²) >= 11 is 14.5. The van der Waals surface area contributed by atoms with E-state index >= 15 is 0 Å². The zero-order chi connectivity index (χ0) is 34.7. The number of hydrogen-bond acceptors (Lipinski definition) is 9. The fraction of sp³-hybridized carbons (Fsp3) is 0.405. The molecule has 0 radical (unpaired) electrons. The number of piperazine rings is 1. The predicted molar refractivity (Wildman–Crippen MR) is 201 cm³/mol. The molecule has 3 fully saturated rings. The van der Waals surface area contributed by atoms with Gasteiger partial charge in [0.25, 0.3) is 0 Å². The van der Waals surface area contributed by atoms with Gasteiger partial charge in [-0.3, -0.25) is 0 Å². The average Bonchev–Trinajstić information content (AvgIpc) is 3.89. The molecule has 0 aliphatic carbocycles. The van der Waals surface area contributed by atoms with Crippen LogP contribution in [-0.4, -0.2) is 90.2 Å². The van der Waals surface area contributed by atoms with E-state index in [4.69, 9.17) is 47.1 Å². The van der Waals surface area contributed by atoms with Gasteiger partial charge in [-0.25, -0.2) is 9.98 Å². The maximum absolute atomic E-state index is 6.61. The molecule has 4 aromatic rings. The molecule has 3 unspecified atom stereocenters. The maximum atomic E-state index is 6.61. The summed E-state index contributed by atoms with van der Waals surface area (Å²) < 4.78 is 26.5. The lowest BCUT2D eigenvalue weighted by atomic mass is 10.1. The molecular weight excluding hydrogens is 695 g/mol. The second-order valence-corrected chi connectivity index (χ2v) is 14.9. The number of imidazole rings is 1. The van der Waals surface area contributed by atoms with Crippen molar-refractivity contribution in [3.05, 3.63) is 101 Å². The molecule has 13 heteroatoms. The topological polar surface area (TPSA) is 76.8 Å². The maximum Gasteiger partial charge on any atom is 0.215 e. The van der Waals surface area contributed by atoms with Crippen LogP contribution in [0.2, 0.25) is 10.0 Å². The van der Waals surface area contributed by atoms with Gasteiger partial charge in [0.05, 0.1) is 36.7 Å². The average molecular weight is 738 g/mol. The molecule has 50 heavy (non-hydrogen) atoms. The molecule has 7 rings (SSSR count). The molecule has 0 N–H and O–H groups in total. The van der Waals surface area contributed by atoms with Gasteiger partial charge in [0.1, 0.15) is 23.9 Å². The first-order chi connectivity index (χ1) is 24.3. The van der Waals surface area contributed by atoms with Crippen molar-refractivity contribution in [3.63, 3.8) is 0 Å². The third-order valence-electron chi connectivity index (χ3n) is 9.22. The predicted octanol–water partition coefficient (Wildman–Crippen LogP) is 7.28. The van der Waals surface area contributed by atoms with Gasteiger partial charge in [-0.15, -0.1) is 0 Å². The fourth-order valence-electron chi connectivity index (χ4n) is 6.50. The van der Waals surface area contributed by atoms with Gasteiger partial charge in [-0.2, -0.15) is 0 Å². The molecule has 3 aliphatic heterocycles. The molecule has 0 spiro atoms. The number of aliphatic imine (C=N–C) groups is 1. The summed E-state index contributed by atoms with van der Waals surface area (Å²) in [5.74, 6) is -0.307. The van der Waals surface area contributed by atoms with Gasteiger partial charge >= 0.3 is 0 Å². The summed E-state index contributed by atoms with van der Waals surface area (Å²) in [6, 6.07) is 22.6. The quantitative estimate of drug-likeness (QED) is 0.158. The summed E-state index contributed by atoms with van der Waals surface area (Å²) in [5.41, 5.74) is 4.20. The first-order valence-electron chi connectivity index (χ1n) is 16.9. The smallest absolute Gasteiger partial charge is 0.215 e. The minimum atomic E-state index is -1.09. The van der Waals surface area contributed by atoms with E-state index in [2.05, 4.69) is 69.9 Å². The van der Waals surface area contributed by atoms with Crippen LogP contribution in [0.5, 0.6) is 5.75 Å². The zero-order valence-corrected chi connectivity index (χ0v) is 30.8. The third kappa shape index (κ3) is 7.88. The Bertz CT molecular complexity index is 1750.